The van der Waals surface area contributed by atoms with Crippen LogP contribution in [0.2, 0.25) is 0 Å². The molecule has 0 radical (unpaired) electrons. The van der Waals surface area contributed by atoms with E-state index in [0.29, 0.717) is 0 Å². The fourth-order valence-corrected chi connectivity index (χ4v) is 0.537. The molecule has 0 atom stereocenters. The Kier molecular flexibility index (Phi) is 1.35. The van der Waals surface area contributed by atoms with Crippen molar-refractivity contribution < 1.29 is 0 Å². The smallest absolute Gasteiger partial charge is 0.0220 e. The second-order valence-corrected chi connectivity index (χ2v) is 1.89. The third kappa shape index (κ3) is 1.62. The maximum absolute atomic E-state index is 2.21. The molecule has 0 amide bonds. The van der Waals surface area contributed by atoms with E-state index in [1.54, 1.807) is 0 Å². The minimum Gasteiger partial charge on any atom is -0.351 e. The van der Waals surface area contributed by atoms with Gasteiger partial charge in [-0.05, 0) is 6.42 Å². The average molecular weight is 97.2 g/mol. The topological polar surface area (TPSA) is 3.01 Å². The van der Waals surface area contributed by atoms with Crippen LogP contribution in [0.25, 0.3) is 0 Å². The molecule has 0 saturated heterocycles. The van der Waals surface area contributed by atoms with Crippen LogP contribution in [0.3, 0.4) is 0 Å². The van der Waals surface area contributed by atoms with Gasteiger partial charge in [0.2, 0.25) is 0 Å². The third-order valence-electron chi connectivity index (χ3n) is 1.13. The summed E-state index contributed by atoms with van der Waals surface area (Å²) < 4.78 is 0. The molecule has 1 rings (SSSR count). The molecule has 0 spiro atoms. The SMILES string of the molecule is CCCCN1C=C1. The number of rotatable bonds is 3. The van der Waals surface area contributed by atoms with Crippen LogP contribution >= 0.6 is 0 Å². The molecule has 1 nitrogen and oxygen atoms in total. The molecule has 1 aliphatic rings. The summed E-state index contributed by atoms with van der Waals surface area (Å²) in [6, 6.07) is 0. The van der Waals surface area contributed by atoms with E-state index in [-0.39, 0.29) is 0 Å². The molecule has 0 aromatic carbocycles. The Balaban J connectivity index is 1.81. The minimum absolute atomic E-state index is 1.23. The Bertz CT molecular complexity index is 70.2. The summed E-state index contributed by atoms with van der Waals surface area (Å²) in [6.07, 6.45) is 6.84. The molecule has 7 heavy (non-hydrogen) atoms. The van der Waals surface area contributed by atoms with Gasteiger partial charge < -0.3 is 4.90 Å². The van der Waals surface area contributed by atoms with E-state index >= 15 is 0 Å². The van der Waals surface area contributed by atoms with Gasteiger partial charge in [0.25, 0.3) is 0 Å². The van der Waals surface area contributed by atoms with Crippen LogP contribution < -0.4 is 0 Å². The first-order chi connectivity index (χ1) is 3.43. The normalized spacial score (nSPS) is 15.3. The maximum atomic E-state index is 2.21. The van der Waals surface area contributed by atoms with E-state index in [4.69, 9.17) is 0 Å². The minimum atomic E-state index is 1.23. The molecule has 1 heterocycles. The van der Waals surface area contributed by atoms with Crippen LogP contribution in [-0.2, 0) is 0 Å². The molecule has 0 aliphatic carbocycles. The second-order valence-electron chi connectivity index (χ2n) is 1.89. The lowest BCUT2D eigenvalue weighted by molar-refractivity contribution is 0.566. The van der Waals surface area contributed by atoms with Gasteiger partial charge in [0, 0.05) is 18.9 Å². The fourth-order valence-electron chi connectivity index (χ4n) is 0.537. The van der Waals surface area contributed by atoms with Crippen LogP contribution in [-0.4, -0.2) is 11.4 Å². The van der Waals surface area contributed by atoms with Gasteiger partial charge in [-0.15, -0.1) is 0 Å². The summed E-state index contributed by atoms with van der Waals surface area (Å²) in [5.74, 6) is 0. The quantitative estimate of drug-likeness (QED) is 0.516. The summed E-state index contributed by atoms with van der Waals surface area (Å²) >= 11 is 0. The van der Waals surface area contributed by atoms with Crippen molar-refractivity contribution in [1.82, 2.24) is 4.90 Å². The Morgan fingerprint density at radius 2 is 2.14 bits per heavy atom. The first-order valence-electron chi connectivity index (χ1n) is 2.87. The van der Waals surface area contributed by atoms with Crippen molar-refractivity contribution in [1.29, 1.82) is 0 Å². The van der Waals surface area contributed by atoms with E-state index < -0.39 is 0 Å². The fraction of sp³-hybridized carbons (Fsp3) is 0.667. The van der Waals surface area contributed by atoms with Gasteiger partial charge >= 0.3 is 0 Å². The highest BCUT2D eigenvalue weighted by atomic mass is 15.2. The number of hydrogen-bond acceptors (Lipinski definition) is 1. The molecule has 0 N–H and O–H groups in total. The Morgan fingerprint density at radius 3 is 2.57 bits per heavy atom. The zero-order chi connectivity index (χ0) is 5.11. The van der Waals surface area contributed by atoms with Gasteiger partial charge in [-0.3, -0.25) is 0 Å². The van der Waals surface area contributed by atoms with Crippen LogP contribution in [0.15, 0.2) is 12.4 Å². The van der Waals surface area contributed by atoms with Crippen LogP contribution in [0, 0.1) is 0 Å². The van der Waals surface area contributed by atoms with Crippen molar-refractivity contribution in [3.8, 4) is 0 Å². The third-order valence-corrected chi connectivity index (χ3v) is 1.13. The number of unbranched alkanes of at least 4 members (excludes halogenated alkanes) is 1. The molecule has 0 unspecified atom stereocenters. The summed E-state index contributed by atoms with van der Waals surface area (Å²) in [5.41, 5.74) is 0. The van der Waals surface area contributed by atoms with E-state index in [1.165, 1.54) is 19.4 Å². The van der Waals surface area contributed by atoms with Crippen molar-refractivity contribution in [3.05, 3.63) is 12.4 Å². The molecule has 1 heteroatoms. The molecule has 1 aliphatic heterocycles. The first kappa shape index (κ1) is 4.69. The lowest BCUT2D eigenvalue weighted by atomic mass is 10.3. The van der Waals surface area contributed by atoms with E-state index in [1.807, 2.05) is 0 Å². The number of nitrogens with zero attached hydrogens (tertiary/aromatic N) is 1. The summed E-state index contributed by atoms with van der Waals surface area (Å²) in [7, 11) is 0. The van der Waals surface area contributed by atoms with Gasteiger partial charge in [0.1, 0.15) is 0 Å². The Labute approximate surface area is 44.6 Å². The first-order valence-corrected chi connectivity index (χ1v) is 2.87. The van der Waals surface area contributed by atoms with Gasteiger partial charge in [0.05, 0.1) is 0 Å². The van der Waals surface area contributed by atoms with E-state index in [9.17, 15) is 0 Å². The monoisotopic (exact) mass is 97.1 g/mol. The van der Waals surface area contributed by atoms with Crippen LogP contribution in [0.5, 0.6) is 0 Å². The van der Waals surface area contributed by atoms with Crippen molar-refractivity contribution in [2.75, 3.05) is 6.54 Å². The van der Waals surface area contributed by atoms with Gasteiger partial charge in [-0.25, -0.2) is 0 Å². The van der Waals surface area contributed by atoms with Gasteiger partial charge in [0.15, 0.2) is 0 Å². The average Bonchev–Trinajstić information content (AvgIpc) is 2.42. The van der Waals surface area contributed by atoms with Gasteiger partial charge in [-0.2, -0.15) is 0 Å². The van der Waals surface area contributed by atoms with Crippen LogP contribution in [0.1, 0.15) is 19.8 Å². The van der Waals surface area contributed by atoms with Crippen molar-refractivity contribution in [2.45, 2.75) is 19.8 Å². The highest BCUT2D eigenvalue weighted by Crippen LogP contribution is 2.06. The highest BCUT2D eigenvalue weighted by Gasteiger charge is 2.01. The predicted octanol–water partition coefficient (Wildman–Crippen LogP) is 1.57. The maximum Gasteiger partial charge on any atom is 0.0220 e. The summed E-state index contributed by atoms with van der Waals surface area (Å²) in [6.45, 7) is 3.44. The molecular weight excluding hydrogens is 86.1 g/mol. The largest absolute Gasteiger partial charge is 0.351 e. The second kappa shape index (κ2) is 2.01. The number of hydrogen-bond donors (Lipinski definition) is 0. The predicted molar refractivity (Wildman–Crippen MR) is 30.8 cm³/mol. The molecule has 0 saturated carbocycles. The van der Waals surface area contributed by atoms with Gasteiger partial charge in [-0.1, -0.05) is 13.3 Å². The van der Waals surface area contributed by atoms with E-state index in [2.05, 4.69) is 24.2 Å². The highest BCUT2D eigenvalue weighted by molar-refractivity contribution is 5.00. The Hall–Kier alpha value is -0.460. The molecular formula is C6H11N. The molecule has 0 fully saturated rings. The van der Waals surface area contributed by atoms with Crippen molar-refractivity contribution in [2.24, 2.45) is 0 Å². The standard InChI is InChI=1S/C6H11N/c1-2-3-4-7-5-6-7/h5-6H,2-4H2,1H3. The molecule has 0 aromatic rings. The molecule has 0 bridgehead atoms. The van der Waals surface area contributed by atoms with Crippen molar-refractivity contribution >= 4 is 0 Å². The summed E-state index contributed by atoms with van der Waals surface area (Å²) in [4.78, 5) is 2.21. The Morgan fingerprint density at radius 1 is 1.43 bits per heavy atom. The molecule has 0 aromatic heterocycles. The molecule has 40 valence electrons. The lowest BCUT2D eigenvalue weighted by Gasteiger charge is -1.96. The van der Waals surface area contributed by atoms with Crippen molar-refractivity contribution in [3.63, 3.8) is 0 Å². The lowest BCUT2D eigenvalue weighted by Crippen LogP contribution is -1.95. The summed E-state index contributed by atoms with van der Waals surface area (Å²) in [5, 5.41) is 0. The van der Waals surface area contributed by atoms with E-state index in [0.717, 1.165) is 0 Å². The zero-order valence-corrected chi connectivity index (χ0v) is 4.72. The van der Waals surface area contributed by atoms with Crippen LogP contribution in [0.4, 0.5) is 0 Å². The zero-order valence-electron chi connectivity index (χ0n) is 4.72.